The van der Waals surface area contributed by atoms with E-state index < -0.39 is 10.0 Å². The number of nitrogens with zero attached hydrogens (tertiary/aromatic N) is 1. The Kier molecular flexibility index (Phi) is 4.85. The van der Waals surface area contributed by atoms with Crippen LogP contribution in [0, 0.1) is 13.8 Å². The summed E-state index contributed by atoms with van der Waals surface area (Å²) in [6.45, 7) is 4.76. The van der Waals surface area contributed by atoms with Crippen LogP contribution in [0.25, 0.3) is 0 Å². The van der Waals surface area contributed by atoms with Crippen LogP contribution < -0.4 is 10.0 Å². The van der Waals surface area contributed by atoms with E-state index in [0.717, 1.165) is 18.0 Å². The van der Waals surface area contributed by atoms with E-state index in [2.05, 4.69) is 15.0 Å². The largest absolute Gasteiger partial charge is 0.320 e. The average molecular weight is 263 g/mol. The monoisotopic (exact) mass is 263 g/mol. The van der Waals surface area contributed by atoms with Crippen LogP contribution in [0.3, 0.4) is 0 Å². The minimum absolute atomic E-state index is 0.328. The summed E-state index contributed by atoms with van der Waals surface area (Å²) in [4.78, 5) is 4.11. The second kappa shape index (κ2) is 5.72. The number of hydrogen-bond acceptors (Lipinski definition) is 5. The van der Waals surface area contributed by atoms with Gasteiger partial charge in [0.25, 0.3) is 10.0 Å². The smallest absolute Gasteiger partial charge is 0.251 e. The Morgan fingerprint density at radius 2 is 2.00 bits per heavy atom. The number of hydrogen-bond donors (Lipinski definition) is 2. The number of aryl methyl sites for hydroxylation is 2. The third-order valence-corrected chi connectivity index (χ3v) is 5.14. The Balaban J connectivity index is 2.67. The van der Waals surface area contributed by atoms with Gasteiger partial charge in [-0.25, -0.2) is 18.1 Å². The van der Waals surface area contributed by atoms with Gasteiger partial charge in [-0.2, -0.15) is 0 Å². The van der Waals surface area contributed by atoms with E-state index >= 15 is 0 Å². The third-order valence-electron chi connectivity index (χ3n) is 2.00. The SMILES string of the molecule is CNCCCNS(=O)(=O)c1sc(C)nc1C. The Morgan fingerprint density at radius 3 is 2.50 bits per heavy atom. The maximum Gasteiger partial charge on any atom is 0.251 e. The van der Waals surface area contributed by atoms with E-state index in [1.165, 1.54) is 11.3 Å². The van der Waals surface area contributed by atoms with Gasteiger partial charge in [0, 0.05) is 6.54 Å². The molecule has 0 bridgehead atoms. The number of aromatic nitrogens is 1. The number of thiazole rings is 1. The minimum Gasteiger partial charge on any atom is -0.320 e. The Bertz CT molecular complexity index is 440. The first kappa shape index (κ1) is 13.6. The van der Waals surface area contributed by atoms with Gasteiger partial charge in [-0.1, -0.05) is 0 Å². The summed E-state index contributed by atoms with van der Waals surface area (Å²) < 4.78 is 26.6. The fourth-order valence-electron chi connectivity index (χ4n) is 1.30. The van der Waals surface area contributed by atoms with Crippen molar-refractivity contribution < 1.29 is 8.42 Å². The van der Waals surface area contributed by atoms with Crippen molar-refractivity contribution >= 4 is 21.4 Å². The van der Waals surface area contributed by atoms with Crippen LogP contribution >= 0.6 is 11.3 Å². The summed E-state index contributed by atoms with van der Waals surface area (Å²) in [5.74, 6) is 0. The highest BCUT2D eigenvalue weighted by Crippen LogP contribution is 2.22. The molecular weight excluding hydrogens is 246 g/mol. The van der Waals surface area contributed by atoms with Gasteiger partial charge in [-0.05, 0) is 33.9 Å². The van der Waals surface area contributed by atoms with E-state index in [1.807, 2.05) is 7.05 Å². The molecule has 7 heteroatoms. The molecule has 0 aliphatic rings. The molecule has 2 N–H and O–H groups in total. The molecule has 1 heterocycles. The van der Waals surface area contributed by atoms with Gasteiger partial charge in [0.15, 0.2) is 4.21 Å². The molecule has 92 valence electrons. The highest BCUT2D eigenvalue weighted by atomic mass is 32.2. The predicted octanol–water partition coefficient (Wildman–Crippen LogP) is 0.648. The third kappa shape index (κ3) is 3.51. The van der Waals surface area contributed by atoms with Gasteiger partial charge in [0.05, 0.1) is 10.7 Å². The zero-order valence-electron chi connectivity index (χ0n) is 9.70. The topological polar surface area (TPSA) is 71.1 Å². The Labute approximate surface area is 100 Å². The molecule has 0 saturated heterocycles. The molecular formula is C9H17N3O2S2. The standard InChI is InChI=1S/C9H17N3O2S2/c1-7-9(15-8(2)12-7)16(13,14)11-6-4-5-10-3/h10-11H,4-6H2,1-3H3. The van der Waals surface area contributed by atoms with Crippen molar-refractivity contribution in [2.75, 3.05) is 20.1 Å². The number of rotatable bonds is 6. The van der Waals surface area contributed by atoms with Gasteiger partial charge in [-0.3, -0.25) is 0 Å². The summed E-state index contributed by atoms with van der Waals surface area (Å²) in [5.41, 5.74) is 0.573. The van der Waals surface area contributed by atoms with Crippen LogP contribution in [0.5, 0.6) is 0 Å². The second-order valence-corrected chi connectivity index (χ2v) is 6.63. The van der Waals surface area contributed by atoms with Crippen LogP contribution in [0.1, 0.15) is 17.1 Å². The molecule has 0 saturated carbocycles. The zero-order valence-corrected chi connectivity index (χ0v) is 11.3. The van der Waals surface area contributed by atoms with Crippen molar-refractivity contribution in [2.24, 2.45) is 0 Å². The van der Waals surface area contributed by atoms with E-state index in [1.54, 1.807) is 13.8 Å². The summed E-state index contributed by atoms with van der Waals surface area (Å²) in [7, 11) is -1.53. The lowest BCUT2D eigenvalue weighted by Gasteiger charge is -2.04. The Morgan fingerprint density at radius 1 is 1.31 bits per heavy atom. The fraction of sp³-hybridized carbons (Fsp3) is 0.667. The summed E-state index contributed by atoms with van der Waals surface area (Å²) in [6.07, 6.45) is 0.770. The summed E-state index contributed by atoms with van der Waals surface area (Å²) >= 11 is 1.21. The number of sulfonamides is 1. The maximum atomic E-state index is 11.9. The lowest BCUT2D eigenvalue weighted by atomic mass is 10.4. The highest BCUT2D eigenvalue weighted by Gasteiger charge is 2.19. The maximum absolute atomic E-state index is 11.9. The molecule has 0 unspecified atom stereocenters. The van der Waals surface area contributed by atoms with Gasteiger partial charge < -0.3 is 5.32 Å². The van der Waals surface area contributed by atoms with Gasteiger partial charge in [-0.15, -0.1) is 11.3 Å². The van der Waals surface area contributed by atoms with Crippen molar-refractivity contribution in [3.8, 4) is 0 Å². The Hall–Kier alpha value is -0.500. The van der Waals surface area contributed by atoms with Crippen LogP contribution in [0.4, 0.5) is 0 Å². The molecule has 0 aliphatic carbocycles. The zero-order chi connectivity index (χ0) is 12.2. The fourth-order valence-corrected chi connectivity index (χ4v) is 3.90. The van der Waals surface area contributed by atoms with Crippen molar-refractivity contribution in [1.29, 1.82) is 0 Å². The molecule has 1 aromatic rings. The molecule has 0 atom stereocenters. The molecule has 0 radical (unpaired) electrons. The van der Waals surface area contributed by atoms with Crippen molar-refractivity contribution in [2.45, 2.75) is 24.5 Å². The lowest BCUT2D eigenvalue weighted by Crippen LogP contribution is -2.26. The predicted molar refractivity (Wildman–Crippen MR) is 65.3 cm³/mol. The summed E-state index contributed by atoms with van der Waals surface area (Å²) in [5, 5.41) is 3.74. The van der Waals surface area contributed by atoms with E-state index in [0.29, 0.717) is 16.4 Å². The molecule has 0 aromatic carbocycles. The van der Waals surface area contributed by atoms with Crippen LogP contribution in [0.15, 0.2) is 4.21 Å². The van der Waals surface area contributed by atoms with E-state index in [9.17, 15) is 8.42 Å². The van der Waals surface area contributed by atoms with Crippen molar-refractivity contribution in [1.82, 2.24) is 15.0 Å². The van der Waals surface area contributed by atoms with E-state index in [4.69, 9.17) is 0 Å². The molecule has 5 nitrogen and oxygen atoms in total. The summed E-state index contributed by atoms with van der Waals surface area (Å²) in [6, 6.07) is 0. The van der Waals surface area contributed by atoms with Crippen LogP contribution in [-0.4, -0.2) is 33.5 Å². The minimum atomic E-state index is -3.37. The van der Waals surface area contributed by atoms with Crippen LogP contribution in [0.2, 0.25) is 0 Å². The van der Waals surface area contributed by atoms with Crippen molar-refractivity contribution in [3.63, 3.8) is 0 Å². The molecule has 0 spiro atoms. The lowest BCUT2D eigenvalue weighted by molar-refractivity contribution is 0.578. The highest BCUT2D eigenvalue weighted by molar-refractivity contribution is 7.91. The van der Waals surface area contributed by atoms with Crippen molar-refractivity contribution in [3.05, 3.63) is 10.7 Å². The molecule has 16 heavy (non-hydrogen) atoms. The average Bonchev–Trinajstić information content (AvgIpc) is 2.53. The van der Waals surface area contributed by atoms with Gasteiger partial charge in [0.1, 0.15) is 0 Å². The first-order valence-electron chi connectivity index (χ1n) is 5.05. The first-order valence-corrected chi connectivity index (χ1v) is 7.35. The second-order valence-electron chi connectivity index (χ2n) is 3.46. The number of nitrogens with one attached hydrogen (secondary N) is 2. The normalized spacial score (nSPS) is 11.9. The molecule has 1 rings (SSSR count). The molecule has 0 fully saturated rings. The van der Waals surface area contributed by atoms with Gasteiger partial charge in [0.2, 0.25) is 0 Å². The van der Waals surface area contributed by atoms with Crippen LogP contribution in [-0.2, 0) is 10.0 Å². The quantitative estimate of drug-likeness (QED) is 0.739. The van der Waals surface area contributed by atoms with E-state index in [-0.39, 0.29) is 0 Å². The molecule has 0 amide bonds. The molecule has 1 aromatic heterocycles. The first-order chi connectivity index (χ1) is 7.47. The molecule has 0 aliphatic heterocycles. The van der Waals surface area contributed by atoms with Gasteiger partial charge >= 0.3 is 0 Å².